The number of nitrogens with zero attached hydrogens (tertiary/aromatic N) is 4. The van der Waals surface area contributed by atoms with Crippen LogP contribution in [0, 0.1) is 28.6 Å². The minimum atomic E-state index is -1.29. The topological polar surface area (TPSA) is 84.4 Å². The van der Waals surface area contributed by atoms with Crippen LogP contribution in [0.15, 0.2) is 24.5 Å². The van der Waals surface area contributed by atoms with Crippen molar-refractivity contribution in [3.63, 3.8) is 0 Å². The Kier molecular flexibility index (Phi) is 11.3. The van der Waals surface area contributed by atoms with E-state index in [2.05, 4.69) is 80.7 Å². The number of carbonyl (C=O) groups is 2. The molecular weight excluding hydrogens is 556 g/mol. The maximum atomic E-state index is 14.1. The summed E-state index contributed by atoms with van der Waals surface area (Å²) >= 11 is 0. The summed E-state index contributed by atoms with van der Waals surface area (Å²) in [4.78, 5) is 38.9. The van der Waals surface area contributed by atoms with E-state index in [1.54, 1.807) is 13.8 Å². The van der Waals surface area contributed by atoms with Crippen LogP contribution in [0.1, 0.15) is 73.3 Å². The Labute approximate surface area is 266 Å². The zero-order valence-corrected chi connectivity index (χ0v) is 28.9. The third-order valence-corrected chi connectivity index (χ3v) is 10.4. The first-order valence-electron chi connectivity index (χ1n) is 16.6. The van der Waals surface area contributed by atoms with Crippen LogP contribution in [0.3, 0.4) is 0 Å². The second-order valence-corrected chi connectivity index (χ2v) is 15.5. The number of ether oxygens (including phenoxy) is 3. The largest absolute Gasteiger partial charge is 0.463 e. The van der Waals surface area contributed by atoms with Gasteiger partial charge >= 0.3 is 5.97 Å². The van der Waals surface area contributed by atoms with Gasteiger partial charge in [-0.15, -0.1) is 0 Å². The van der Waals surface area contributed by atoms with E-state index in [-0.39, 0.29) is 30.0 Å². The number of esters is 1. The minimum absolute atomic E-state index is 0.0630. The Hall–Kier alpha value is -1.91. The van der Waals surface area contributed by atoms with Crippen molar-refractivity contribution in [1.82, 2.24) is 19.7 Å². The summed E-state index contributed by atoms with van der Waals surface area (Å²) < 4.78 is 19.1. The van der Waals surface area contributed by atoms with Crippen molar-refractivity contribution >= 4 is 11.8 Å². The van der Waals surface area contributed by atoms with Crippen molar-refractivity contribution in [2.24, 2.45) is 28.6 Å². The highest BCUT2D eigenvalue weighted by atomic mass is 16.7. The number of hydrogen-bond acceptors (Lipinski definition) is 9. The van der Waals surface area contributed by atoms with Gasteiger partial charge in [-0.05, 0) is 83.8 Å². The minimum Gasteiger partial charge on any atom is -0.463 e. The van der Waals surface area contributed by atoms with E-state index in [9.17, 15) is 9.59 Å². The lowest BCUT2D eigenvalue weighted by atomic mass is 9.69. The van der Waals surface area contributed by atoms with Crippen LogP contribution in [0.5, 0.6) is 0 Å². The molecule has 1 aromatic heterocycles. The van der Waals surface area contributed by atoms with Crippen LogP contribution in [0.25, 0.3) is 0 Å². The van der Waals surface area contributed by atoms with Crippen molar-refractivity contribution in [2.45, 2.75) is 105 Å². The van der Waals surface area contributed by atoms with Gasteiger partial charge in [0.2, 0.25) is 0 Å². The lowest BCUT2D eigenvalue weighted by Gasteiger charge is -2.47. The number of cyclic esters (lactones) is 1. The van der Waals surface area contributed by atoms with Crippen molar-refractivity contribution in [2.75, 3.05) is 47.4 Å². The van der Waals surface area contributed by atoms with Gasteiger partial charge in [-0.25, -0.2) is 0 Å². The highest BCUT2D eigenvalue weighted by molar-refractivity contribution is 6.04. The maximum absolute atomic E-state index is 14.1. The summed E-state index contributed by atoms with van der Waals surface area (Å²) in [5.41, 5.74) is -0.380. The van der Waals surface area contributed by atoms with Crippen LogP contribution in [0.4, 0.5) is 0 Å². The molecule has 0 N–H and O–H groups in total. The summed E-state index contributed by atoms with van der Waals surface area (Å²) in [6, 6.07) is 4.54. The molecule has 248 valence electrons. The third-order valence-electron chi connectivity index (χ3n) is 10.4. The van der Waals surface area contributed by atoms with Gasteiger partial charge in [-0.2, -0.15) is 0 Å². The number of hydrogen-bond donors (Lipinski definition) is 0. The average molecular weight is 615 g/mol. The Morgan fingerprint density at radius 1 is 1.02 bits per heavy atom. The van der Waals surface area contributed by atoms with E-state index in [4.69, 9.17) is 14.2 Å². The standard InChI is InChI=1S/C35H58N4O5/c1-23-17-34(4,5)32(44-30-16-28(37(8)9)15-24(2)43-30)25(3)31(40)35(6,7)33(41)42-22-29(38(10)18-23)27-20-39(21-27)19-26-11-13-36-14-12-26/h11-14,23-25,27-30,32H,15-22H2,1-10H3/t23-,24-,25+,28+,29+,30+,32-/m1/s1. The molecule has 0 aliphatic carbocycles. The number of ketones is 1. The second-order valence-electron chi connectivity index (χ2n) is 15.5. The lowest BCUT2D eigenvalue weighted by molar-refractivity contribution is -0.247. The third kappa shape index (κ3) is 8.27. The first-order valence-corrected chi connectivity index (χ1v) is 16.6. The molecule has 4 heterocycles. The Balaban J connectivity index is 1.54. The zero-order valence-electron chi connectivity index (χ0n) is 28.9. The van der Waals surface area contributed by atoms with E-state index in [1.807, 2.05) is 19.3 Å². The molecule has 0 bridgehead atoms. The molecular formula is C35H58N4O5. The fourth-order valence-corrected chi connectivity index (χ4v) is 7.93. The molecule has 1 aromatic rings. The first-order chi connectivity index (χ1) is 20.6. The monoisotopic (exact) mass is 614 g/mol. The molecule has 44 heavy (non-hydrogen) atoms. The number of rotatable bonds is 6. The van der Waals surface area contributed by atoms with Gasteiger partial charge in [0.25, 0.3) is 0 Å². The van der Waals surface area contributed by atoms with Crippen LogP contribution in [-0.4, -0.2) is 109 Å². The molecule has 0 spiro atoms. The van der Waals surface area contributed by atoms with Gasteiger partial charge in [0.15, 0.2) is 12.1 Å². The number of likely N-dealkylation sites (N-methyl/N-ethyl adjacent to an activating group) is 1. The fraction of sp³-hybridized carbons (Fsp3) is 0.800. The number of likely N-dealkylation sites (tertiary alicyclic amines) is 1. The summed E-state index contributed by atoms with van der Waals surface area (Å²) in [6.07, 6.45) is 5.47. The van der Waals surface area contributed by atoms with Gasteiger partial charge in [-0.1, -0.05) is 27.7 Å². The molecule has 0 aromatic carbocycles. The smallest absolute Gasteiger partial charge is 0.319 e. The fourth-order valence-electron chi connectivity index (χ4n) is 7.93. The van der Waals surface area contributed by atoms with Gasteiger partial charge in [0, 0.05) is 68.9 Å². The summed E-state index contributed by atoms with van der Waals surface area (Å²) in [7, 11) is 6.34. The average Bonchev–Trinajstić information content (AvgIpc) is 2.92. The molecule has 3 saturated heterocycles. The van der Waals surface area contributed by atoms with Gasteiger partial charge < -0.3 is 19.1 Å². The molecule has 0 unspecified atom stereocenters. The number of Topliss-reactive ketones (excluding diaryl/α,β-unsaturated/α-hetero) is 1. The molecule has 0 saturated carbocycles. The molecule has 9 heteroatoms. The van der Waals surface area contributed by atoms with Gasteiger partial charge in [0.05, 0.1) is 12.2 Å². The highest BCUT2D eigenvalue weighted by Crippen LogP contribution is 2.41. The van der Waals surface area contributed by atoms with Crippen LogP contribution < -0.4 is 0 Å². The molecule has 3 aliphatic heterocycles. The quantitative estimate of drug-likeness (QED) is 0.340. The Morgan fingerprint density at radius 3 is 2.32 bits per heavy atom. The van der Waals surface area contributed by atoms with Crippen molar-refractivity contribution in [3.05, 3.63) is 30.1 Å². The van der Waals surface area contributed by atoms with Crippen LogP contribution in [0.2, 0.25) is 0 Å². The molecule has 0 amide bonds. The van der Waals surface area contributed by atoms with Crippen molar-refractivity contribution in [3.8, 4) is 0 Å². The lowest BCUT2D eigenvalue weighted by Crippen LogP contribution is -2.57. The highest BCUT2D eigenvalue weighted by Gasteiger charge is 2.49. The van der Waals surface area contributed by atoms with E-state index in [0.717, 1.165) is 45.4 Å². The first kappa shape index (κ1) is 35.0. The summed E-state index contributed by atoms with van der Waals surface area (Å²) in [6.45, 7) is 18.0. The zero-order chi connectivity index (χ0) is 32.4. The Bertz CT molecular complexity index is 1110. The molecule has 3 aliphatic rings. The van der Waals surface area contributed by atoms with E-state index >= 15 is 0 Å². The van der Waals surface area contributed by atoms with Gasteiger partial charge in [-0.3, -0.25) is 24.4 Å². The van der Waals surface area contributed by atoms with Gasteiger partial charge in [0.1, 0.15) is 12.0 Å². The van der Waals surface area contributed by atoms with Crippen LogP contribution >= 0.6 is 0 Å². The molecule has 0 radical (unpaired) electrons. The number of pyridine rings is 1. The number of carbonyl (C=O) groups excluding carboxylic acids is 2. The SMILES string of the molecule is C[C@H]1CN(C)[C@H](C2CN(Cc3ccncc3)C2)COC(=O)C(C)(C)C(=O)[C@H](C)[C@@H](O[C@H]2C[C@@H](N(C)C)C[C@@H](C)O2)C(C)(C)C1. The predicted octanol–water partition coefficient (Wildman–Crippen LogP) is 4.49. The maximum Gasteiger partial charge on any atom is 0.319 e. The molecule has 4 rings (SSSR count). The Morgan fingerprint density at radius 2 is 1.68 bits per heavy atom. The molecule has 7 atom stereocenters. The normalized spacial score (nSPS) is 34.8. The van der Waals surface area contributed by atoms with Crippen molar-refractivity contribution < 1.29 is 23.8 Å². The summed E-state index contributed by atoms with van der Waals surface area (Å²) in [5.74, 6) is -0.397. The van der Waals surface area contributed by atoms with E-state index in [0.29, 0.717) is 17.9 Å². The summed E-state index contributed by atoms with van der Waals surface area (Å²) in [5, 5.41) is 0. The van der Waals surface area contributed by atoms with Crippen LogP contribution in [-0.2, 0) is 30.3 Å². The predicted molar refractivity (Wildman–Crippen MR) is 172 cm³/mol. The van der Waals surface area contributed by atoms with E-state index in [1.165, 1.54) is 5.56 Å². The second kappa shape index (κ2) is 14.2. The molecule has 9 nitrogen and oxygen atoms in total. The van der Waals surface area contributed by atoms with Crippen molar-refractivity contribution in [1.29, 1.82) is 0 Å². The number of aromatic nitrogens is 1. The van der Waals surface area contributed by atoms with E-state index < -0.39 is 29.7 Å². The molecule has 3 fully saturated rings.